The molecule has 0 spiro atoms. The Balaban J connectivity index is 1.71. The highest BCUT2D eigenvalue weighted by molar-refractivity contribution is 14.1. The van der Waals surface area contributed by atoms with Crippen LogP contribution in [0, 0.1) is 3.57 Å². The molecular weight excluding hydrogens is 327 g/mol. The van der Waals surface area contributed by atoms with Crippen molar-refractivity contribution in [1.29, 1.82) is 0 Å². The van der Waals surface area contributed by atoms with Crippen LogP contribution in [0.4, 0.5) is 5.69 Å². The monoisotopic (exact) mass is 340 g/mol. The molecule has 0 unspecified atom stereocenters. The van der Waals surface area contributed by atoms with Crippen LogP contribution in [0.5, 0.6) is 5.75 Å². The minimum absolute atomic E-state index is 0.634. The molecule has 88 valence electrons. The number of pyridine rings is 1. The Kier molecular flexibility index (Phi) is 4.61. The van der Waals surface area contributed by atoms with E-state index in [2.05, 4.69) is 32.9 Å². The quantitative estimate of drug-likeness (QED) is 0.671. The smallest absolute Gasteiger partial charge is 0.119 e. The van der Waals surface area contributed by atoms with Gasteiger partial charge in [-0.2, -0.15) is 0 Å². The van der Waals surface area contributed by atoms with Crippen LogP contribution in [0.15, 0.2) is 48.8 Å². The fraction of sp³-hybridized carbons (Fsp3) is 0.154. The molecule has 0 atom stereocenters. The van der Waals surface area contributed by atoms with Gasteiger partial charge in [0, 0.05) is 22.5 Å². The third-order valence-corrected chi connectivity index (χ3v) is 2.89. The second-order valence-corrected chi connectivity index (χ2v) is 4.72. The lowest BCUT2D eigenvalue weighted by Crippen LogP contribution is -2.11. The Bertz CT molecular complexity index is 445. The number of benzene rings is 1. The lowest BCUT2D eigenvalue weighted by atomic mass is 10.3. The highest BCUT2D eigenvalue weighted by Crippen LogP contribution is 2.13. The second-order valence-electron chi connectivity index (χ2n) is 3.47. The van der Waals surface area contributed by atoms with Gasteiger partial charge in [-0.3, -0.25) is 4.98 Å². The van der Waals surface area contributed by atoms with E-state index in [1.165, 1.54) is 3.57 Å². The predicted molar refractivity (Wildman–Crippen MR) is 77.4 cm³/mol. The Morgan fingerprint density at radius 1 is 1.18 bits per heavy atom. The zero-order valence-electron chi connectivity index (χ0n) is 9.27. The third-order valence-electron chi connectivity index (χ3n) is 2.18. The van der Waals surface area contributed by atoms with Gasteiger partial charge in [0.25, 0.3) is 0 Å². The van der Waals surface area contributed by atoms with Gasteiger partial charge in [-0.05, 0) is 59.0 Å². The maximum atomic E-state index is 5.60. The maximum Gasteiger partial charge on any atom is 0.119 e. The molecule has 0 aliphatic rings. The van der Waals surface area contributed by atoms with Crippen LogP contribution in [-0.2, 0) is 0 Å². The molecule has 1 aromatic carbocycles. The fourth-order valence-corrected chi connectivity index (χ4v) is 1.72. The predicted octanol–water partition coefficient (Wildman–Crippen LogP) is 3.18. The molecule has 1 N–H and O–H groups in total. The molecule has 0 aliphatic carbocycles. The minimum atomic E-state index is 0.634. The van der Waals surface area contributed by atoms with E-state index in [1.807, 2.05) is 36.4 Å². The second kappa shape index (κ2) is 6.44. The van der Waals surface area contributed by atoms with Gasteiger partial charge in [-0.1, -0.05) is 0 Å². The largest absolute Gasteiger partial charge is 0.492 e. The van der Waals surface area contributed by atoms with E-state index in [9.17, 15) is 0 Å². The molecule has 1 heterocycles. The summed E-state index contributed by atoms with van der Waals surface area (Å²) in [7, 11) is 0. The average molecular weight is 340 g/mol. The molecule has 0 radical (unpaired) electrons. The average Bonchev–Trinajstić information content (AvgIpc) is 2.38. The fourth-order valence-electron chi connectivity index (χ4n) is 1.36. The number of ether oxygens (including phenoxy) is 1. The van der Waals surface area contributed by atoms with E-state index in [-0.39, 0.29) is 0 Å². The number of halogens is 1. The number of hydrogen-bond donors (Lipinski definition) is 1. The summed E-state index contributed by atoms with van der Waals surface area (Å²) in [6.07, 6.45) is 3.55. The number of nitrogens with zero attached hydrogens (tertiary/aromatic N) is 1. The topological polar surface area (TPSA) is 34.1 Å². The summed E-state index contributed by atoms with van der Waals surface area (Å²) in [6.45, 7) is 1.40. The first-order chi connectivity index (χ1) is 8.34. The first-order valence-corrected chi connectivity index (χ1v) is 6.45. The molecule has 2 aromatic rings. The Hall–Kier alpha value is -1.30. The van der Waals surface area contributed by atoms with E-state index >= 15 is 0 Å². The summed E-state index contributed by atoms with van der Waals surface area (Å²) in [5.74, 6) is 0.901. The van der Waals surface area contributed by atoms with Crippen molar-refractivity contribution in [2.75, 3.05) is 18.5 Å². The summed E-state index contributed by atoms with van der Waals surface area (Å²) >= 11 is 2.27. The molecule has 0 amide bonds. The van der Waals surface area contributed by atoms with Gasteiger partial charge in [-0.15, -0.1) is 0 Å². The van der Waals surface area contributed by atoms with Gasteiger partial charge >= 0.3 is 0 Å². The Labute approximate surface area is 114 Å². The Morgan fingerprint density at radius 3 is 2.71 bits per heavy atom. The van der Waals surface area contributed by atoms with Crippen molar-refractivity contribution in [3.8, 4) is 5.75 Å². The van der Waals surface area contributed by atoms with E-state index in [4.69, 9.17) is 4.74 Å². The summed E-state index contributed by atoms with van der Waals surface area (Å²) in [5, 5.41) is 3.24. The SMILES string of the molecule is Ic1ccc(OCCNc2cccnc2)cc1. The number of hydrogen-bond acceptors (Lipinski definition) is 3. The normalized spacial score (nSPS) is 9.94. The maximum absolute atomic E-state index is 5.60. The molecule has 17 heavy (non-hydrogen) atoms. The van der Waals surface area contributed by atoms with E-state index < -0.39 is 0 Å². The van der Waals surface area contributed by atoms with Crippen molar-refractivity contribution in [2.24, 2.45) is 0 Å². The third kappa shape index (κ3) is 4.22. The van der Waals surface area contributed by atoms with Crippen LogP contribution in [0.3, 0.4) is 0 Å². The highest BCUT2D eigenvalue weighted by Gasteiger charge is 1.94. The van der Waals surface area contributed by atoms with E-state index in [0.717, 1.165) is 18.0 Å². The van der Waals surface area contributed by atoms with Crippen LogP contribution in [-0.4, -0.2) is 18.1 Å². The molecule has 0 saturated carbocycles. The van der Waals surface area contributed by atoms with Gasteiger partial charge in [0.1, 0.15) is 12.4 Å². The molecule has 0 saturated heterocycles. The van der Waals surface area contributed by atoms with Crippen LogP contribution >= 0.6 is 22.6 Å². The van der Waals surface area contributed by atoms with Crippen LogP contribution in [0.25, 0.3) is 0 Å². The highest BCUT2D eigenvalue weighted by atomic mass is 127. The van der Waals surface area contributed by atoms with Crippen molar-refractivity contribution < 1.29 is 4.74 Å². The number of aromatic nitrogens is 1. The van der Waals surface area contributed by atoms with Gasteiger partial charge in [0.05, 0.1) is 5.69 Å². The van der Waals surface area contributed by atoms with Gasteiger partial charge < -0.3 is 10.1 Å². The molecule has 0 bridgehead atoms. The van der Waals surface area contributed by atoms with Gasteiger partial charge in [-0.25, -0.2) is 0 Å². The van der Waals surface area contributed by atoms with Crippen molar-refractivity contribution in [3.05, 3.63) is 52.4 Å². The first-order valence-electron chi connectivity index (χ1n) is 5.37. The lowest BCUT2D eigenvalue weighted by Gasteiger charge is -2.08. The molecule has 0 aliphatic heterocycles. The summed E-state index contributed by atoms with van der Waals surface area (Å²) in [5.41, 5.74) is 1.01. The lowest BCUT2D eigenvalue weighted by molar-refractivity contribution is 0.333. The van der Waals surface area contributed by atoms with Gasteiger partial charge in [0.2, 0.25) is 0 Å². The number of anilines is 1. The summed E-state index contributed by atoms with van der Waals surface area (Å²) in [4.78, 5) is 4.03. The molecule has 2 rings (SSSR count). The molecule has 4 heteroatoms. The summed E-state index contributed by atoms with van der Waals surface area (Å²) in [6, 6.07) is 11.9. The van der Waals surface area contributed by atoms with Crippen molar-refractivity contribution in [2.45, 2.75) is 0 Å². The summed E-state index contributed by atoms with van der Waals surface area (Å²) < 4.78 is 6.81. The molecule has 3 nitrogen and oxygen atoms in total. The van der Waals surface area contributed by atoms with Crippen molar-refractivity contribution in [1.82, 2.24) is 4.98 Å². The Morgan fingerprint density at radius 2 is 2.00 bits per heavy atom. The van der Waals surface area contributed by atoms with E-state index in [1.54, 1.807) is 12.4 Å². The molecular formula is C13H13IN2O. The molecule has 0 fully saturated rings. The molecule has 1 aromatic heterocycles. The van der Waals surface area contributed by atoms with Crippen molar-refractivity contribution >= 4 is 28.3 Å². The van der Waals surface area contributed by atoms with Crippen LogP contribution < -0.4 is 10.1 Å². The standard InChI is InChI=1S/C13H13IN2O/c14-11-3-5-13(6-4-11)17-9-8-16-12-2-1-7-15-10-12/h1-7,10,16H,8-9H2. The zero-order valence-corrected chi connectivity index (χ0v) is 11.4. The van der Waals surface area contributed by atoms with E-state index in [0.29, 0.717) is 6.61 Å². The van der Waals surface area contributed by atoms with Crippen LogP contribution in [0.1, 0.15) is 0 Å². The zero-order chi connectivity index (χ0) is 11.9. The number of rotatable bonds is 5. The number of nitrogens with one attached hydrogen (secondary N) is 1. The van der Waals surface area contributed by atoms with Crippen LogP contribution in [0.2, 0.25) is 0 Å². The van der Waals surface area contributed by atoms with Crippen molar-refractivity contribution in [3.63, 3.8) is 0 Å². The first kappa shape index (κ1) is 12.2. The van der Waals surface area contributed by atoms with Gasteiger partial charge in [0.15, 0.2) is 0 Å². The minimum Gasteiger partial charge on any atom is -0.492 e.